The smallest absolute Gasteiger partial charge is 0.257 e. The number of benzene rings is 1. The summed E-state index contributed by atoms with van der Waals surface area (Å²) in [5.41, 5.74) is 2.81. The van der Waals surface area contributed by atoms with Crippen molar-refractivity contribution >= 4 is 10.9 Å². The van der Waals surface area contributed by atoms with Crippen molar-refractivity contribution < 1.29 is 9.73 Å². The minimum atomic E-state index is -0.0150. The van der Waals surface area contributed by atoms with Gasteiger partial charge in [-0.15, -0.1) is 0 Å². The number of fused-ring (bicyclic) bond motifs is 1. The number of nitrogens with two attached hydrogens (primary N) is 1. The van der Waals surface area contributed by atoms with Gasteiger partial charge in [0.05, 0.1) is 11.8 Å². The summed E-state index contributed by atoms with van der Waals surface area (Å²) in [6, 6.07) is 11.9. The van der Waals surface area contributed by atoms with E-state index in [4.69, 9.17) is 4.42 Å². The average Bonchev–Trinajstić information content (AvgIpc) is 2.93. The second-order valence-electron chi connectivity index (χ2n) is 4.99. The minimum Gasteiger partial charge on any atom is -0.463 e. The number of furan rings is 1. The van der Waals surface area contributed by atoms with Gasteiger partial charge in [-0.05, 0) is 42.1 Å². The molecule has 0 spiro atoms. The number of aromatic amines is 1. The van der Waals surface area contributed by atoms with Crippen LogP contribution in [0.5, 0.6) is 0 Å². The summed E-state index contributed by atoms with van der Waals surface area (Å²) < 4.78 is 5.27. The first-order valence-electron chi connectivity index (χ1n) is 6.69. The summed E-state index contributed by atoms with van der Waals surface area (Å²) >= 11 is 0. The third kappa shape index (κ3) is 2.65. The van der Waals surface area contributed by atoms with Gasteiger partial charge < -0.3 is 14.7 Å². The summed E-state index contributed by atoms with van der Waals surface area (Å²) in [5.74, 6) is 0.915. The van der Waals surface area contributed by atoms with Gasteiger partial charge in [0.15, 0.2) is 5.76 Å². The molecule has 0 aliphatic heterocycles. The Morgan fingerprint density at radius 2 is 2.10 bits per heavy atom. The quantitative estimate of drug-likeness (QED) is 0.757. The van der Waals surface area contributed by atoms with Crippen molar-refractivity contribution in [3.63, 3.8) is 0 Å². The number of H-pyrrole nitrogens is 1. The van der Waals surface area contributed by atoms with Crippen LogP contribution in [0, 0.1) is 6.92 Å². The lowest BCUT2D eigenvalue weighted by Crippen LogP contribution is -2.81. The molecule has 3 N–H and O–H groups in total. The molecule has 0 unspecified atom stereocenters. The Morgan fingerprint density at radius 3 is 2.90 bits per heavy atom. The molecule has 1 aromatic carbocycles. The van der Waals surface area contributed by atoms with E-state index in [1.54, 1.807) is 6.26 Å². The number of aryl methyl sites for hydroxylation is 1. The summed E-state index contributed by atoms with van der Waals surface area (Å²) in [4.78, 5) is 15.0. The monoisotopic (exact) mass is 269 g/mol. The van der Waals surface area contributed by atoms with Crippen molar-refractivity contribution in [3.8, 4) is 0 Å². The maximum Gasteiger partial charge on any atom is 0.257 e. The zero-order valence-electron chi connectivity index (χ0n) is 11.3. The second-order valence-corrected chi connectivity index (χ2v) is 4.99. The van der Waals surface area contributed by atoms with E-state index in [-0.39, 0.29) is 5.56 Å². The zero-order chi connectivity index (χ0) is 13.9. The van der Waals surface area contributed by atoms with Crippen LogP contribution in [0.3, 0.4) is 0 Å². The van der Waals surface area contributed by atoms with Gasteiger partial charge in [-0.2, -0.15) is 0 Å². The molecule has 4 heteroatoms. The number of hydrogen-bond acceptors (Lipinski definition) is 2. The highest BCUT2D eigenvalue weighted by atomic mass is 16.3. The van der Waals surface area contributed by atoms with Gasteiger partial charge in [0, 0.05) is 5.52 Å². The highest BCUT2D eigenvalue weighted by Crippen LogP contribution is 2.12. The van der Waals surface area contributed by atoms with Gasteiger partial charge in [0.1, 0.15) is 13.1 Å². The average molecular weight is 269 g/mol. The summed E-state index contributed by atoms with van der Waals surface area (Å²) in [7, 11) is 0. The van der Waals surface area contributed by atoms with Gasteiger partial charge in [-0.25, -0.2) is 0 Å². The van der Waals surface area contributed by atoms with Crippen molar-refractivity contribution in [1.82, 2.24) is 4.98 Å². The van der Waals surface area contributed by atoms with Crippen LogP contribution < -0.4 is 10.9 Å². The molecule has 2 heterocycles. The molecule has 0 saturated carbocycles. The van der Waals surface area contributed by atoms with Gasteiger partial charge >= 0.3 is 0 Å². The molecule has 3 rings (SSSR count). The third-order valence-corrected chi connectivity index (χ3v) is 3.37. The van der Waals surface area contributed by atoms with E-state index in [9.17, 15) is 4.79 Å². The Balaban J connectivity index is 1.79. The topological polar surface area (TPSA) is 62.6 Å². The van der Waals surface area contributed by atoms with Crippen molar-refractivity contribution in [2.24, 2.45) is 0 Å². The van der Waals surface area contributed by atoms with E-state index < -0.39 is 0 Å². The molecule has 2 aromatic heterocycles. The molecular weight excluding hydrogens is 252 g/mol. The van der Waals surface area contributed by atoms with Crippen molar-refractivity contribution in [3.05, 3.63) is 69.9 Å². The number of pyridine rings is 1. The Bertz CT molecular complexity index is 773. The molecule has 0 radical (unpaired) electrons. The summed E-state index contributed by atoms with van der Waals surface area (Å²) in [6.07, 6.45) is 1.66. The van der Waals surface area contributed by atoms with E-state index in [1.165, 1.54) is 0 Å². The molecule has 0 aliphatic rings. The summed E-state index contributed by atoms with van der Waals surface area (Å²) in [5, 5.41) is 3.13. The maximum absolute atomic E-state index is 12.0. The highest BCUT2D eigenvalue weighted by molar-refractivity contribution is 5.79. The maximum atomic E-state index is 12.0. The van der Waals surface area contributed by atoms with Crippen LogP contribution in [0.4, 0.5) is 0 Å². The van der Waals surface area contributed by atoms with Crippen LogP contribution >= 0.6 is 0 Å². The molecule has 20 heavy (non-hydrogen) atoms. The number of nitrogens with one attached hydrogen (secondary N) is 1. The lowest BCUT2D eigenvalue weighted by molar-refractivity contribution is -0.688. The van der Waals surface area contributed by atoms with Crippen LogP contribution in [-0.4, -0.2) is 4.98 Å². The molecule has 0 aliphatic carbocycles. The van der Waals surface area contributed by atoms with Gasteiger partial charge in [-0.1, -0.05) is 12.1 Å². The fourth-order valence-corrected chi connectivity index (χ4v) is 2.31. The largest absolute Gasteiger partial charge is 0.463 e. The number of aromatic nitrogens is 1. The molecular formula is C16H17N2O2+. The first-order chi connectivity index (χ1) is 9.72. The third-order valence-electron chi connectivity index (χ3n) is 3.37. The van der Waals surface area contributed by atoms with Crippen molar-refractivity contribution in [1.29, 1.82) is 0 Å². The lowest BCUT2D eigenvalue weighted by Gasteiger charge is -2.03. The van der Waals surface area contributed by atoms with E-state index in [0.29, 0.717) is 6.54 Å². The van der Waals surface area contributed by atoms with Crippen LogP contribution in [0.2, 0.25) is 0 Å². The standard InChI is InChI=1S/C16H16N2O2/c1-11-4-5-12-8-13(16(19)18-15(12)7-11)9-17-10-14-3-2-6-20-14/h2-8,17H,9-10H2,1H3,(H,18,19)/p+1. The highest BCUT2D eigenvalue weighted by Gasteiger charge is 2.06. The van der Waals surface area contributed by atoms with Gasteiger partial charge in [0.2, 0.25) is 0 Å². The molecule has 0 bridgehead atoms. The Hall–Kier alpha value is -2.33. The number of rotatable bonds is 4. The van der Waals surface area contributed by atoms with E-state index in [2.05, 4.69) is 16.4 Å². The van der Waals surface area contributed by atoms with Gasteiger partial charge in [-0.3, -0.25) is 4.79 Å². The fourth-order valence-electron chi connectivity index (χ4n) is 2.31. The SMILES string of the molecule is Cc1ccc2cc(C[NH2+]Cc3ccco3)c(=O)[nH]c2c1. The minimum absolute atomic E-state index is 0.0150. The predicted octanol–water partition coefficient (Wildman–Crippen LogP) is 1.69. The first-order valence-corrected chi connectivity index (χ1v) is 6.69. The predicted molar refractivity (Wildman–Crippen MR) is 77.3 cm³/mol. The van der Waals surface area contributed by atoms with Crippen LogP contribution in [-0.2, 0) is 13.1 Å². The van der Waals surface area contributed by atoms with E-state index in [0.717, 1.165) is 34.3 Å². The molecule has 0 fully saturated rings. The molecule has 4 nitrogen and oxygen atoms in total. The Morgan fingerprint density at radius 1 is 1.20 bits per heavy atom. The lowest BCUT2D eigenvalue weighted by atomic mass is 10.1. The van der Waals surface area contributed by atoms with Crippen molar-refractivity contribution in [2.75, 3.05) is 0 Å². The van der Waals surface area contributed by atoms with Crippen molar-refractivity contribution in [2.45, 2.75) is 20.0 Å². The first kappa shape index (κ1) is 12.7. The van der Waals surface area contributed by atoms with Crippen LogP contribution in [0.1, 0.15) is 16.9 Å². The molecule has 102 valence electrons. The molecule has 0 atom stereocenters. The Kier molecular flexibility index (Phi) is 3.39. The Labute approximate surface area is 116 Å². The number of quaternary nitrogens is 1. The molecule has 0 saturated heterocycles. The zero-order valence-corrected chi connectivity index (χ0v) is 11.3. The summed E-state index contributed by atoms with van der Waals surface area (Å²) in [6.45, 7) is 3.39. The van der Waals surface area contributed by atoms with E-state index in [1.807, 2.05) is 37.3 Å². The van der Waals surface area contributed by atoms with E-state index >= 15 is 0 Å². The fraction of sp³-hybridized carbons (Fsp3) is 0.188. The van der Waals surface area contributed by atoms with Crippen LogP contribution in [0.25, 0.3) is 10.9 Å². The molecule has 3 aromatic rings. The number of hydrogen-bond donors (Lipinski definition) is 2. The van der Waals surface area contributed by atoms with Crippen LogP contribution in [0.15, 0.2) is 51.9 Å². The second kappa shape index (κ2) is 5.35. The van der Waals surface area contributed by atoms with Gasteiger partial charge in [0.25, 0.3) is 5.56 Å². The molecule has 0 amide bonds. The normalized spacial score (nSPS) is 11.1.